The minimum atomic E-state index is 1.19. The SMILES string of the molecule is CC.CC/C(C)=C(/C)CSC. The van der Waals surface area contributed by atoms with Gasteiger partial charge in [0.05, 0.1) is 0 Å². The van der Waals surface area contributed by atoms with Crippen molar-refractivity contribution in [3.8, 4) is 0 Å². The smallest absolute Gasteiger partial charge is 0.0140 e. The molecule has 0 atom stereocenters. The van der Waals surface area contributed by atoms with Crippen LogP contribution >= 0.6 is 11.8 Å². The Bertz CT molecular complexity index is 103. The first-order valence-electron chi connectivity index (χ1n) is 4.36. The lowest BCUT2D eigenvalue weighted by atomic mass is 10.1. The van der Waals surface area contributed by atoms with Crippen molar-refractivity contribution in [1.82, 2.24) is 0 Å². The van der Waals surface area contributed by atoms with Gasteiger partial charge in [0.25, 0.3) is 0 Å². The van der Waals surface area contributed by atoms with Crippen LogP contribution in [-0.4, -0.2) is 12.0 Å². The minimum Gasteiger partial charge on any atom is -0.161 e. The fourth-order valence-corrected chi connectivity index (χ4v) is 1.32. The number of thioether (sulfide) groups is 1. The number of rotatable bonds is 3. The highest BCUT2D eigenvalue weighted by molar-refractivity contribution is 7.98. The maximum Gasteiger partial charge on any atom is 0.0140 e. The van der Waals surface area contributed by atoms with E-state index in [1.807, 2.05) is 25.6 Å². The summed E-state index contributed by atoms with van der Waals surface area (Å²) in [6.45, 7) is 10.6. The molecule has 0 fully saturated rings. The third kappa shape index (κ3) is 7.99. The van der Waals surface area contributed by atoms with Crippen LogP contribution in [0.4, 0.5) is 0 Å². The van der Waals surface area contributed by atoms with Crippen molar-refractivity contribution >= 4 is 11.8 Å². The maximum absolute atomic E-state index is 2.22. The van der Waals surface area contributed by atoms with E-state index in [1.54, 1.807) is 11.1 Å². The van der Waals surface area contributed by atoms with Crippen LogP contribution in [0.1, 0.15) is 41.0 Å². The van der Waals surface area contributed by atoms with Crippen molar-refractivity contribution in [2.45, 2.75) is 41.0 Å². The van der Waals surface area contributed by atoms with E-state index in [0.717, 1.165) is 0 Å². The Balaban J connectivity index is 0. The zero-order valence-electron chi connectivity index (χ0n) is 8.82. The molecule has 0 heterocycles. The summed E-state index contributed by atoms with van der Waals surface area (Å²) in [5.74, 6) is 1.19. The number of allylic oxidation sites excluding steroid dienone is 1. The molecule has 0 saturated heterocycles. The molecule has 1 heteroatoms. The first-order valence-corrected chi connectivity index (χ1v) is 5.75. The topological polar surface area (TPSA) is 0 Å². The second-order valence-corrected chi connectivity index (χ2v) is 3.21. The van der Waals surface area contributed by atoms with Gasteiger partial charge in [0.15, 0.2) is 0 Å². The van der Waals surface area contributed by atoms with E-state index >= 15 is 0 Å². The van der Waals surface area contributed by atoms with Gasteiger partial charge in [0, 0.05) is 5.75 Å². The molecule has 0 aromatic carbocycles. The van der Waals surface area contributed by atoms with Crippen LogP contribution in [0, 0.1) is 0 Å². The van der Waals surface area contributed by atoms with Crippen LogP contribution in [0.25, 0.3) is 0 Å². The maximum atomic E-state index is 2.22. The highest BCUT2D eigenvalue weighted by Gasteiger charge is 1.91. The summed E-state index contributed by atoms with van der Waals surface area (Å²) in [4.78, 5) is 0. The summed E-state index contributed by atoms with van der Waals surface area (Å²) in [6, 6.07) is 0. The van der Waals surface area contributed by atoms with Gasteiger partial charge in [-0.25, -0.2) is 0 Å². The lowest BCUT2D eigenvalue weighted by Crippen LogP contribution is -1.85. The van der Waals surface area contributed by atoms with E-state index in [9.17, 15) is 0 Å². The van der Waals surface area contributed by atoms with Gasteiger partial charge in [-0.15, -0.1) is 0 Å². The van der Waals surface area contributed by atoms with E-state index in [2.05, 4.69) is 27.0 Å². The zero-order valence-corrected chi connectivity index (χ0v) is 9.64. The summed E-state index contributed by atoms with van der Waals surface area (Å²) in [7, 11) is 0. The predicted molar refractivity (Wildman–Crippen MR) is 58.4 cm³/mol. The van der Waals surface area contributed by atoms with Crippen LogP contribution in [0.3, 0.4) is 0 Å². The third-order valence-corrected chi connectivity index (χ3v) is 2.34. The molecule has 0 radical (unpaired) electrons. The Hall–Kier alpha value is 0.0900. The second kappa shape index (κ2) is 10.1. The van der Waals surface area contributed by atoms with Gasteiger partial charge in [0.2, 0.25) is 0 Å². The van der Waals surface area contributed by atoms with E-state index in [1.165, 1.54) is 12.2 Å². The Morgan fingerprint density at radius 3 is 1.82 bits per heavy atom. The molecule has 0 unspecified atom stereocenters. The fraction of sp³-hybridized carbons (Fsp3) is 0.800. The summed E-state index contributed by atoms with van der Waals surface area (Å²) >= 11 is 1.90. The molecular formula is C10H22S. The number of hydrogen-bond acceptors (Lipinski definition) is 1. The molecule has 11 heavy (non-hydrogen) atoms. The largest absolute Gasteiger partial charge is 0.161 e. The molecule has 0 saturated carbocycles. The lowest BCUT2D eigenvalue weighted by molar-refractivity contribution is 1.06. The quantitative estimate of drug-likeness (QED) is 0.580. The van der Waals surface area contributed by atoms with Crippen molar-refractivity contribution in [2.75, 3.05) is 12.0 Å². The van der Waals surface area contributed by atoms with E-state index < -0.39 is 0 Å². The molecule has 0 spiro atoms. The van der Waals surface area contributed by atoms with Gasteiger partial charge in [-0.1, -0.05) is 31.9 Å². The third-order valence-electron chi connectivity index (χ3n) is 1.62. The molecule has 0 aromatic rings. The van der Waals surface area contributed by atoms with Crippen molar-refractivity contribution in [3.63, 3.8) is 0 Å². The molecule has 0 bridgehead atoms. The van der Waals surface area contributed by atoms with Crippen molar-refractivity contribution in [2.24, 2.45) is 0 Å². The Labute approximate surface area is 76.5 Å². The molecular weight excluding hydrogens is 152 g/mol. The first kappa shape index (κ1) is 13.7. The molecule has 0 aromatic heterocycles. The fourth-order valence-electron chi connectivity index (χ4n) is 0.641. The van der Waals surface area contributed by atoms with Crippen molar-refractivity contribution < 1.29 is 0 Å². The summed E-state index contributed by atoms with van der Waals surface area (Å²) in [5, 5.41) is 0. The van der Waals surface area contributed by atoms with Gasteiger partial charge in [-0.3, -0.25) is 0 Å². The van der Waals surface area contributed by atoms with Crippen LogP contribution in [0.15, 0.2) is 11.1 Å². The molecule has 0 rings (SSSR count). The molecule has 0 aliphatic heterocycles. The van der Waals surface area contributed by atoms with E-state index in [0.29, 0.717) is 0 Å². The lowest BCUT2D eigenvalue weighted by Gasteiger charge is -2.01. The van der Waals surface area contributed by atoms with Crippen LogP contribution < -0.4 is 0 Å². The predicted octanol–water partition coefficient (Wildman–Crippen LogP) is 4.12. The van der Waals surface area contributed by atoms with Crippen LogP contribution in [0.2, 0.25) is 0 Å². The van der Waals surface area contributed by atoms with Crippen molar-refractivity contribution in [1.29, 1.82) is 0 Å². The molecule has 0 N–H and O–H groups in total. The van der Waals surface area contributed by atoms with Crippen LogP contribution in [-0.2, 0) is 0 Å². The highest BCUT2D eigenvalue weighted by Crippen LogP contribution is 2.10. The monoisotopic (exact) mass is 174 g/mol. The normalized spacial score (nSPS) is 11.5. The standard InChI is InChI=1S/C8H16S.C2H6/c1-5-7(2)8(3)6-9-4;1-2/h5-6H2,1-4H3;1-2H3/b8-7-;. The van der Waals surface area contributed by atoms with Gasteiger partial charge in [-0.05, 0) is 26.5 Å². The average Bonchev–Trinajstić information content (AvgIpc) is 2.07. The average molecular weight is 174 g/mol. The van der Waals surface area contributed by atoms with Gasteiger partial charge < -0.3 is 0 Å². The minimum absolute atomic E-state index is 1.19. The highest BCUT2D eigenvalue weighted by atomic mass is 32.2. The van der Waals surface area contributed by atoms with Crippen LogP contribution in [0.5, 0.6) is 0 Å². The molecule has 0 nitrogen and oxygen atoms in total. The summed E-state index contributed by atoms with van der Waals surface area (Å²) in [5.41, 5.74) is 3.09. The molecule has 0 aliphatic rings. The Morgan fingerprint density at radius 1 is 1.09 bits per heavy atom. The second-order valence-electron chi connectivity index (χ2n) is 2.35. The molecule has 0 aliphatic carbocycles. The van der Waals surface area contributed by atoms with Crippen molar-refractivity contribution in [3.05, 3.63) is 11.1 Å². The summed E-state index contributed by atoms with van der Waals surface area (Å²) < 4.78 is 0. The molecule has 68 valence electrons. The Morgan fingerprint density at radius 2 is 1.55 bits per heavy atom. The number of hydrogen-bond donors (Lipinski definition) is 0. The van der Waals surface area contributed by atoms with Gasteiger partial charge >= 0.3 is 0 Å². The van der Waals surface area contributed by atoms with E-state index in [4.69, 9.17) is 0 Å². The summed E-state index contributed by atoms with van der Waals surface area (Å²) in [6.07, 6.45) is 3.35. The first-order chi connectivity index (χ1) is 5.22. The van der Waals surface area contributed by atoms with E-state index in [-0.39, 0.29) is 0 Å². The van der Waals surface area contributed by atoms with Gasteiger partial charge in [0.1, 0.15) is 0 Å². The van der Waals surface area contributed by atoms with Gasteiger partial charge in [-0.2, -0.15) is 11.8 Å². The zero-order chi connectivity index (χ0) is 9.28. The molecule has 0 amide bonds. The Kier molecular flexibility index (Phi) is 12.5.